The quantitative estimate of drug-likeness (QED) is 0.636. The molecule has 1 heterocycles. The van der Waals surface area contributed by atoms with E-state index in [4.69, 9.17) is 5.10 Å². The van der Waals surface area contributed by atoms with Crippen molar-refractivity contribution in [3.63, 3.8) is 0 Å². The second-order valence-corrected chi connectivity index (χ2v) is 8.97. The minimum Gasteiger partial charge on any atom is -0.356 e. The molecule has 3 aliphatic rings. The van der Waals surface area contributed by atoms with E-state index in [1.54, 1.807) is 11.1 Å². The molecule has 0 radical (unpaired) electrons. The number of fused-ring (bicyclic) bond motifs is 4. The van der Waals surface area contributed by atoms with Crippen molar-refractivity contribution in [3.05, 3.63) is 52.8 Å². The highest BCUT2D eigenvalue weighted by atomic mass is 15.3. The van der Waals surface area contributed by atoms with Crippen molar-refractivity contribution in [3.8, 4) is 0 Å². The topological polar surface area (TPSA) is 54.2 Å². The van der Waals surface area contributed by atoms with Crippen molar-refractivity contribution >= 4 is 5.96 Å². The van der Waals surface area contributed by atoms with Crippen molar-refractivity contribution < 1.29 is 0 Å². The number of hydrogen-bond donors (Lipinski definition) is 2. The Morgan fingerprint density at radius 2 is 2.11 bits per heavy atom. The summed E-state index contributed by atoms with van der Waals surface area (Å²) in [4.78, 5) is 4.48. The second-order valence-electron chi connectivity index (χ2n) is 8.97. The number of benzene rings is 1. The van der Waals surface area contributed by atoms with Crippen molar-refractivity contribution in [2.75, 3.05) is 13.6 Å². The average molecular weight is 378 g/mol. The molecule has 2 aromatic rings. The maximum atomic E-state index is 4.79. The maximum absolute atomic E-state index is 4.79. The van der Waals surface area contributed by atoms with Crippen LogP contribution in [0.4, 0.5) is 0 Å². The van der Waals surface area contributed by atoms with Gasteiger partial charge in [0.1, 0.15) is 0 Å². The molecule has 0 amide bonds. The third kappa shape index (κ3) is 3.11. The predicted octanol–water partition coefficient (Wildman–Crippen LogP) is 3.07. The van der Waals surface area contributed by atoms with E-state index >= 15 is 0 Å². The lowest BCUT2D eigenvalue weighted by atomic mass is 9.94. The number of aliphatic imine (C=N–C) groups is 1. The fourth-order valence-electron chi connectivity index (χ4n) is 5.27. The smallest absolute Gasteiger partial charge is 0.191 e. The van der Waals surface area contributed by atoms with Crippen LogP contribution in [0.1, 0.15) is 54.6 Å². The van der Waals surface area contributed by atoms with Crippen LogP contribution in [0, 0.1) is 11.8 Å². The lowest BCUT2D eigenvalue weighted by Crippen LogP contribution is -2.46. The summed E-state index contributed by atoms with van der Waals surface area (Å²) < 4.78 is 2.10. The Kier molecular flexibility index (Phi) is 4.41. The van der Waals surface area contributed by atoms with Gasteiger partial charge >= 0.3 is 0 Å². The van der Waals surface area contributed by atoms with Crippen LogP contribution >= 0.6 is 0 Å². The van der Waals surface area contributed by atoms with Gasteiger partial charge in [-0.2, -0.15) is 5.10 Å². The lowest BCUT2D eigenvalue weighted by Gasteiger charge is -2.24. The first-order chi connectivity index (χ1) is 13.6. The van der Waals surface area contributed by atoms with Crippen LogP contribution in [0.5, 0.6) is 0 Å². The highest BCUT2D eigenvalue weighted by molar-refractivity contribution is 5.80. The van der Waals surface area contributed by atoms with Crippen LogP contribution in [0.25, 0.3) is 0 Å². The number of hydrogen-bond acceptors (Lipinski definition) is 2. The average Bonchev–Trinajstić information content (AvgIpc) is 3.04. The Bertz CT molecular complexity index is 896. The zero-order chi connectivity index (χ0) is 19.3. The van der Waals surface area contributed by atoms with Gasteiger partial charge in [0, 0.05) is 38.3 Å². The molecule has 0 spiro atoms. The molecule has 148 valence electrons. The Labute approximate surface area is 167 Å². The number of aromatic nitrogens is 2. The second kappa shape index (κ2) is 6.94. The zero-order valence-corrected chi connectivity index (χ0v) is 17.2. The van der Waals surface area contributed by atoms with Gasteiger partial charge < -0.3 is 10.6 Å². The minimum absolute atomic E-state index is 0.411. The van der Waals surface area contributed by atoms with Crippen LogP contribution in [0.2, 0.25) is 0 Å². The molecule has 1 aromatic carbocycles. The van der Waals surface area contributed by atoms with Crippen LogP contribution in [0.15, 0.2) is 35.5 Å². The Morgan fingerprint density at radius 3 is 2.93 bits per heavy atom. The summed E-state index contributed by atoms with van der Waals surface area (Å²) in [6.45, 7) is 5.39. The Balaban J connectivity index is 1.15. The van der Waals surface area contributed by atoms with Gasteiger partial charge in [-0.05, 0) is 67.6 Å². The molecule has 4 unspecified atom stereocenters. The molecule has 5 heteroatoms. The van der Waals surface area contributed by atoms with Crippen LogP contribution < -0.4 is 10.6 Å². The molecule has 0 aliphatic heterocycles. The number of rotatable bonds is 4. The molecule has 1 saturated carbocycles. The summed E-state index contributed by atoms with van der Waals surface area (Å²) in [6, 6.07) is 9.81. The minimum atomic E-state index is 0.411. The van der Waals surface area contributed by atoms with Crippen molar-refractivity contribution in [2.24, 2.45) is 16.8 Å². The van der Waals surface area contributed by atoms with Crippen LogP contribution in [0.3, 0.4) is 0 Å². The SMILES string of the molecule is CN=C(NCC1C2Cc3ccccc3C12)NC1CCc2cn(C(C)C)nc2C1. The first-order valence-electron chi connectivity index (χ1n) is 10.8. The molecular weight excluding hydrogens is 346 g/mol. The summed E-state index contributed by atoms with van der Waals surface area (Å²) in [7, 11) is 1.88. The van der Waals surface area contributed by atoms with E-state index in [2.05, 4.69) is 64.6 Å². The first-order valence-corrected chi connectivity index (χ1v) is 10.8. The zero-order valence-electron chi connectivity index (χ0n) is 17.2. The summed E-state index contributed by atoms with van der Waals surface area (Å²) >= 11 is 0. The molecule has 2 N–H and O–H groups in total. The molecule has 5 nitrogen and oxygen atoms in total. The normalized spacial score (nSPS) is 27.9. The summed E-state index contributed by atoms with van der Waals surface area (Å²) in [5, 5.41) is 12.0. The molecule has 0 bridgehead atoms. The van der Waals surface area contributed by atoms with E-state index < -0.39 is 0 Å². The molecule has 0 saturated heterocycles. The number of guanidine groups is 1. The van der Waals surface area contributed by atoms with Gasteiger partial charge in [0.2, 0.25) is 0 Å². The van der Waals surface area contributed by atoms with Gasteiger partial charge in [0.15, 0.2) is 5.96 Å². The molecule has 3 aliphatic carbocycles. The number of aryl methyl sites for hydroxylation is 1. The first kappa shape index (κ1) is 17.8. The standard InChI is InChI=1S/C23H31N5/c1-14(2)28-13-16-8-9-17(11-21(16)27-28)26-23(24-3)25-12-20-19-10-15-6-4-5-7-18(15)22(19)20/h4-7,13-14,17,19-20,22H,8-12H2,1-3H3,(H2,24,25,26). The van der Waals surface area contributed by atoms with Gasteiger partial charge in [0.25, 0.3) is 0 Å². The van der Waals surface area contributed by atoms with Gasteiger partial charge in [-0.25, -0.2) is 0 Å². The van der Waals surface area contributed by atoms with E-state index in [9.17, 15) is 0 Å². The van der Waals surface area contributed by atoms with E-state index in [1.807, 2.05) is 7.05 Å². The molecule has 28 heavy (non-hydrogen) atoms. The van der Waals surface area contributed by atoms with Gasteiger partial charge in [-0.1, -0.05) is 24.3 Å². The maximum Gasteiger partial charge on any atom is 0.191 e. The fraction of sp³-hybridized carbons (Fsp3) is 0.565. The van der Waals surface area contributed by atoms with Crippen molar-refractivity contribution in [1.29, 1.82) is 0 Å². The number of nitrogens with zero attached hydrogens (tertiary/aromatic N) is 3. The molecule has 4 atom stereocenters. The highest BCUT2D eigenvalue weighted by Crippen LogP contribution is 2.60. The van der Waals surface area contributed by atoms with Crippen LogP contribution in [-0.2, 0) is 19.3 Å². The third-order valence-electron chi connectivity index (χ3n) is 6.90. The summed E-state index contributed by atoms with van der Waals surface area (Å²) in [5.41, 5.74) is 5.82. The number of nitrogens with one attached hydrogen (secondary N) is 2. The third-order valence-corrected chi connectivity index (χ3v) is 6.90. The molecule has 5 rings (SSSR count). The Morgan fingerprint density at radius 1 is 1.25 bits per heavy atom. The summed E-state index contributed by atoms with van der Waals surface area (Å²) in [5.74, 6) is 3.29. The van der Waals surface area contributed by atoms with E-state index in [-0.39, 0.29) is 0 Å². The molecule has 1 aromatic heterocycles. The van der Waals surface area contributed by atoms with E-state index in [0.29, 0.717) is 12.1 Å². The summed E-state index contributed by atoms with van der Waals surface area (Å²) in [6.07, 6.45) is 6.70. The monoisotopic (exact) mass is 377 g/mol. The van der Waals surface area contributed by atoms with E-state index in [1.165, 1.54) is 17.7 Å². The van der Waals surface area contributed by atoms with Crippen molar-refractivity contribution in [2.45, 2.75) is 57.5 Å². The van der Waals surface area contributed by atoms with Gasteiger partial charge in [0.05, 0.1) is 5.69 Å². The molecular formula is C23H31N5. The highest BCUT2D eigenvalue weighted by Gasteiger charge is 2.54. The van der Waals surface area contributed by atoms with Gasteiger partial charge in [-0.15, -0.1) is 0 Å². The van der Waals surface area contributed by atoms with Crippen LogP contribution in [-0.4, -0.2) is 35.4 Å². The largest absolute Gasteiger partial charge is 0.356 e. The lowest BCUT2D eigenvalue weighted by molar-refractivity contribution is 0.498. The predicted molar refractivity (Wildman–Crippen MR) is 113 cm³/mol. The van der Waals surface area contributed by atoms with E-state index in [0.717, 1.165) is 49.5 Å². The molecule has 1 fully saturated rings. The Hall–Kier alpha value is -2.30. The van der Waals surface area contributed by atoms with Gasteiger partial charge in [-0.3, -0.25) is 9.67 Å². The fourth-order valence-corrected chi connectivity index (χ4v) is 5.27. The van der Waals surface area contributed by atoms with Crippen molar-refractivity contribution in [1.82, 2.24) is 20.4 Å².